The number of hydrogen-bond acceptors (Lipinski definition) is 4. The maximum atomic E-state index is 12.5. The monoisotopic (exact) mass is 312 g/mol. The van der Waals surface area contributed by atoms with Crippen molar-refractivity contribution in [2.45, 2.75) is 31.6 Å². The molecule has 1 aliphatic heterocycles. The van der Waals surface area contributed by atoms with Crippen LogP contribution in [0.2, 0.25) is 0 Å². The quantitative estimate of drug-likeness (QED) is 0.942. The van der Waals surface area contributed by atoms with Gasteiger partial charge in [-0.2, -0.15) is 0 Å². The van der Waals surface area contributed by atoms with E-state index in [9.17, 15) is 9.90 Å². The van der Waals surface area contributed by atoms with E-state index in [4.69, 9.17) is 4.52 Å². The van der Waals surface area contributed by atoms with Crippen LogP contribution in [0.4, 0.5) is 0 Å². The molecule has 1 aromatic heterocycles. The molecule has 2 aromatic rings. The number of amides is 1. The van der Waals surface area contributed by atoms with Crippen molar-refractivity contribution in [3.63, 3.8) is 0 Å². The smallest absolute Gasteiger partial charge is 0.292 e. The van der Waals surface area contributed by atoms with E-state index in [1.165, 1.54) is 0 Å². The van der Waals surface area contributed by atoms with Gasteiger partial charge in [0, 0.05) is 25.1 Å². The third-order valence-corrected chi connectivity index (χ3v) is 4.74. The molecule has 1 saturated heterocycles. The number of phenolic OH excluding ortho intramolecular Hbond substituents is 1. The van der Waals surface area contributed by atoms with Crippen LogP contribution in [0.1, 0.15) is 47.0 Å². The zero-order chi connectivity index (χ0) is 15.8. The largest absolute Gasteiger partial charge is 0.508 e. The topological polar surface area (TPSA) is 66.6 Å². The highest BCUT2D eigenvalue weighted by molar-refractivity contribution is 5.91. The highest BCUT2D eigenvalue weighted by Gasteiger charge is 2.32. The van der Waals surface area contributed by atoms with Crippen molar-refractivity contribution in [3.05, 3.63) is 47.3 Å². The van der Waals surface area contributed by atoms with E-state index < -0.39 is 0 Å². The van der Waals surface area contributed by atoms with E-state index in [2.05, 4.69) is 5.16 Å². The first-order valence-corrected chi connectivity index (χ1v) is 8.23. The fourth-order valence-corrected chi connectivity index (χ4v) is 3.32. The van der Waals surface area contributed by atoms with Gasteiger partial charge in [0.05, 0.1) is 5.69 Å². The predicted molar refractivity (Wildman–Crippen MR) is 84.3 cm³/mol. The molecule has 1 saturated carbocycles. The van der Waals surface area contributed by atoms with Crippen molar-refractivity contribution in [2.75, 3.05) is 13.1 Å². The lowest BCUT2D eigenvalue weighted by Crippen LogP contribution is -2.28. The van der Waals surface area contributed by atoms with E-state index in [0.29, 0.717) is 23.3 Å². The summed E-state index contributed by atoms with van der Waals surface area (Å²) < 4.78 is 5.24. The average molecular weight is 312 g/mol. The maximum Gasteiger partial charge on any atom is 0.292 e. The van der Waals surface area contributed by atoms with Crippen LogP contribution in [-0.2, 0) is 6.42 Å². The van der Waals surface area contributed by atoms with Gasteiger partial charge in [0.1, 0.15) is 5.75 Å². The molecule has 120 valence electrons. The normalized spacial score (nSPS) is 20.9. The number of nitrogens with zero attached hydrogens (tertiary/aromatic N) is 2. The highest BCUT2D eigenvalue weighted by atomic mass is 16.5. The zero-order valence-electron chi connectivity index (χ0n) is 12.9. The molecular formula is C18H20N2O3. The first-order chi connectivity index (χ1) is 11.2. The zero-order valence-corrected chi connectivity index (χ0v) is 12.9. The molecule has 4 rings (SSSR count). The van der Waals surface area contributed by atoms with E-state index in [1.807, 2.05) is 23.1 Å². The summed E-state index contributed by atoms with van der Waals surface area (Å²) in [6.07, 6.45) is 4.15. The first kappa shape index (κ1) is 14.3. The van der Waals surface area contributed by atoms with Gasteiger partial charge in [0.25, 0.3) is 5.91 Å². The number of aromatic nitrogens is 1. The molecule has 2 heterocycles. The Morgan fingerprint density at radius 3 is 2.96 bits per heavy atom. The van der Waals surface area contributed by atoms with Gasteiger partial charge in [-0.15, -0.1) is 0 Å². The number of hydrogen-bond donors (Lipinski definition) is 1. The van der Waals surface area contributed by atoms with E-state index >= 15 is 0 Å². The molecule has 1 aliphatic carbocycles. The Balaban J connectivity index is 1.38. The van der Waals surface area contributed by atoms with Crippen LogP contribution in [-0.4, -0.2) is 34.2 Å². The molecule has 1 atom stereocenters. The van der Waals surface area contributed by atoms with E-state index in [1.54, 1.807) is 12.1 Å². The van der Waals surface area contributed by atoms with Crippen molar-refractivity contribution in [2.24, 2.45) is 5.92 Å². The van der Waals surface area contributed by atoms with Crippen LogP contribution in [0.5, 0.6) is 5.75 Å². The molecule has 2 fully saturated rings. The van der Waals surface area contributed by atoms with Crippen LogP contribution in [0.25, 0.3) is 0 Å². The Labute approximate surface area is 134 Å². The number of likely N-dealkylation sites (tertiary alicyclic amines) is 1. The molecular weight excluding hydrogens is 292 g/mol. The number of rotatable bonds is 4. The minimum absolute atomic E-state index is 0.0530. The standard InChI is InChI=1S/C18H20N2O3/c21-15-3-1-2-12(9-15)8-13-6-7-20(11-13)18(22)17-10-16(19-23-17)14-4-5-14/h1-3,9-10,13-14,21H,4-8,11H2. The van der Waals surface area contributed by atoms with Crippen LogP contribution in [0.3, 0.4) is 0 Å². The van der Waals surface area contributed by atoms with Crippen LogP contribution in [0, 0.1) is 5.92 Å². The molecule has 1 unspecified atom stereocenters. The average Bonchev–Trinajstić information content (AvgIpc) is 3.09. The fourth-order valence-electron chi connectivity index (χ4n) is 3.32. The van der Waals surface area contributed by atoms with Gasteiger partial charge in [-0.05, 0) is 49.3 Å². The minimum atomic E-state index is -0.0530. The van der Waals surface area contributed by atoms with Crippen molar-refractivity contribution in [3.8, 4) is 5.75 Å². The summed E-state index contributed by atoms with van der Waals surface area (Å²) in [6, 6.07) is 9.15. The molecule has 5 heteroatoms. The molecule has 5 nitrogen and oxygen atoms in total. The molecule has 0 radical (unpaired) electrons. The summed E-state index contributed by atoms with van der Waals surface area (Å²) in [5, 5.41) is 13.6. The van der Waals surface area contributed by atoms with E-state index in [-0.39, 0.29) is 5.91 Å². The van der Waals surface area contributed by atoms with Crippen molar-refractivity contribution in [1.29, 1.82) is 0 Å². The fraction of sp³-hybridized carbons (Fsp3) is 0.444. The van der Waals surface area contributed by atoms with Gasteiger partial charge >= 0.3 is 0 Å². The first-order valence-electron chi connectivity index (χ1n) is 8.23. The van der Waals surface area contributed by atoms with Gasteiger partial charge in [0.15, 0.2) is 0 Å². The van der Waals surface area contributed by atoms with E-state index in [0.717, 1.165) is 50.0 Å². The predicted octanol–water partition coefficient (Wildman–Crippen LogP) is 2.96. The van der Waals surface area contributed by atoms with Crippen molar-refractivity contribution >= 4 is 5.91 Å². The second-order valence-electron chi connectivity index (χ2n) is 6.67. The lowest BCUT2D eigenvalue weighted by molar-refractivity contribution is 0.0745. The Kier molecular flexibility index (Phi) is 3.56. The van der Waals surface area contributed by atoms with Gasteiger partial charge in [-0.25, -0.2) is 0 Å². The summed E-state index contributed by atoms with van der Waals surface area (Å²) >= 11 is 0. The van der Waals surface area contributed by atoms with Crippen molar-refractivity contribution in [1.82, 2.24) is 10.1 Å². The third kappa shape index (κ3) is 3.09. The number of aromatic hydroxyl groups is 1. The Morgan fingerprint density at radius 1 is 1.30 bits per heavy atom. The summed E-state index contributed by atoms with van der Waals surface area (Å²) in [5.74, 6) is 1.53. The van der Waals surface area contributed by atoms with Crippen LogP contribution >= 0.6 is 0 Å². The van der Waals surface area contributed by atoms with Crippen molar-refractivity contribution < 1.29 is 14.4 Å². The van der Waals surface area contributed by atoms with Gasteiger partial charge < -0.3 is 14.5 Å². The lowest BCUT2D eigenvalue weighted by atomic mass is 9.98. The number of carbonyl (C=O) groups excluding carboxylic acids is 1. The molecule has 1 aromatic carbocycles. The molecule has 1 N–H and O–H groups in total. The number of phenols is 1. The Hall–Kier alpha value is -2.30. The highest BCUT2D eigenvalue weighted by Crippen LogP contribution is 2.39. The second-order valence-corrected chi connectivity index (χ2v) is 6.67. The Morgan fingerprint density at radius 2 is 2.17 bits per heavy atom. The number of carbonyl (C=O) groups is 1. The third-order valence-electron chi connectivity index (χ3n) is 4.74. The maximum absolute atomic E-state index is 12.5. The molecule has 23 heavy (non-hydrogen) atoms. The molecule has 0 bridgehead atoms. The van der Waals surface area contributed by atoms with Crippen LogP contribution in [0.15, 0.2) is 34.9 Å². The summed E-state index contributed by atoms with van der Waals surface area (Å²) in [4.78, 5) is 14.4. The molecule has 1 amide bonds. The summed E-state index contributed by atoms with van der Waals surface area (Å²) in [6.45, 7) is 1.48. The van der Waals surface area contributed by atoms with Gasteiger partial charge in [0.2, 0.25) is 5.76 Å². The lowest BCUT2D eigenvalue weighted by Gasteiger charge is -2.14. The number of benzene rings is 1. The summed E-state index contributed by atoms with van der Waals surface area (Å²) in [7, 11) is 0. The SMILES string of the molecule is O=C(c1cc(C2CC2)no1)N1CCC(Cc2cccc(O)c2)C1. The van der Waals surface area contributed by atoms with Crippen LogP contribution < -0.4 is 0 Å². The molecule has 0 spiro atoms. The van der Waals surface area contributed by atoms with Gasteiger partial charge in [-0.1, -0.05) is 17.3 Å². The summed E-state index contributed by atoms with van der Waals surface area (Å²) in [5.41, 5.74) is 2.03. The second kappa shape index (κ2) is 5.72. The minimum Gasteiger partial charge on any atom is -0.508 e. The Bertz CT molecular complexity index is 721. The molecule has 2 aliphatic rings. The van der Waals surface area contributed by atoms with Gasteiger partial charge in [-0.3, -0.25) is 4.79 Å².